The summed E-state index contributed by atoms with van der Waals surface area (Å²) < 4.78 is 0. The number of aliphatic hydroxyl groups is 1. The van der Waals surface area contributed by atoms with Gasteiger partial charge >= 0.3 is 0 Å². The molecule has 2 aliphatic rings. The van der Waals surface area contributed by atoms with Crippen molar-refractivity contribution in [2.45, 2.75) is 18.4 Å². The third kappa shape index (κ3) is 1.36. The predicted octanol–water partition coefficient (Wildman–Crippen LogP) is 2.71. The van der Waals surface area contributed by atoms with E-state index in [2.05, 4.69) is 6.07 Å². The molecule has 4 atom stereocenters. The van der Waals surface area contributed by atoms with Gasteiger partial charge in [0.05, 0.1) is 17.6 Å². The van der Waals surface area contributed by atoms with Crippen LogP contribution in [0.3, 0.4) is 0 Å². The molecule has 3 rings (SSSR count). The molecule has 0 aliphatic heterocycles. The van der Waals surface area contributed by atoms with Gasteiger partial charge in [0, 0.05) is 5.02 Å². The minimum Gasteiger partial charge on any atom is -0.385 e. The first kappa shape index (κ1) is 10.1. The summed E-state index contributed by atoms with van der Waals surface area (Å²) in [7, 11) is 0. The Morgan fingerprint density at radius 1 is 1.25 bits per heavy atom. The lowest BCUT2D eigenvalue weighted by molar-refractivity contribution is 0.0283. The second kappa shape index (κ2) is 3.23. The van der Waals surface area contributed by atoms with Crippen molar-refractivity contribution in [1.29, 1.82) is 5.26 Å². The van der Waals surface area contributed by atoms with E-state index in [9.17, 15) is 5.11 Å². The molecule has 0 saturated heterocycles. The maximum Gasteiger partial charge on any atom is 0.0903 e. The van der Waals surface area contributed by atoms with E-state index in [1.807, 2.05) is 12.1 Å². The fourth-order valence-electron chi connectivity index (χ4n) is 3.05. The van der Waals surface area contributed by atoms with E-state index in [1.165, 1.54) is 0 Å². The molecule has 1 N–H and O–H groups in total. The number of halogens is 1. The largest absolute Gasteiger partial charge is 0.385 e. The van der Waals surface area contributed by atoms with Crippen LogP contribution in [-0.4, -0.2) is 5.11 Å². The van der Waals surface area contributed by atoms with Crippen LogP contribution in [0.1, 0.15) is 18.4 Å². The monoisotopic (exact) mass is 233 g/mol. The Morgan fingerprint density at radius 3 is 2.31 bits per heavy atom. The topological polar surface area (TPSA) is 44.0 Å². The molecule has 0 amide bonds. The smallest absolute Gasteiger partial charge is 0.0903 e. The van der Waals surface area contributed by atoms with Gasteiger partial charge in [-0.25, -0.2) is 0 Å². The molecule has 2 fully saturated rings. The summed E-state index contributed by atoms with van der Waals surface area (Å²) in [5, 5.41) is 20.0. The van der Waals surface area contributed by atoms with E-state index < -0.39 is 5.60 Å². The Labute approximate surface area is 99.5 Å². The molecule has 0 spiro atoms. The van der Waals surface area contributed by atoms with Gasteiger partial charge in [0.15, 0.2) is 0 Å². The maximum atomic E-state index is 10.5. The molecule has 0 radical (unpaired) electrons. The summed E-state index contributed by atoms with van der Waals surface area (Å²) in [6.45, 7) is 0. The molecule has 1 aromatic carbocycles. The zero-order valence-electron chi connectivity index (χ0n) is 8.73. The number of benzene rings is 1. The van der Waals surface area contributed by atoms with Crippen LogP contribution in [0, 0.1) is 29.1 Å². The van der Waals surface area contributed by atoms with Crippen molar-refractivity contribution in [3.8, 4) is 6.07 Å². The molecule has 0 heterocycles. The molecule has 0 bridgehead atoms. The molecule has 2 unspecified atom stereocenters. The predicted molar refractivity (Wildman–Crippen MR) is 60.7 cm³/mol. The molecule has 2 saturated carbocycles. The van der Waals surface area contributed by atoms with E-state index in [4.69, 9.17) is 16.9 Å². The van der Waals surface area contributed by atoms with E-state index in [-0.39, 0.29) is 5.92 Å². The minimum absolute atomic E-state index is 0.188. The Balaban J connectivity index is 1.82. The fourth-order valence-corrected chi connectivity index (χ4v) is 3.18. The molecule has 82 valence electrons. The van der Waals surface area contributed by atoms with Gasteiger partial charge < -0.3 is 5.11 Å². The molecule has 3 heteroatoms. The lowest BCUT2D eigenvalue weighted by Crippen LogP contribution is -2.24. The van der Waals surface area contributed by atoms with Crippen molar-refractivity contribution in [1.82, 2.24) is 0 Å². The molecule has 2 aliphatic carbocycles. The standard InChI is InChI=1S/C13H12ClNO/c14-9-3-1-8(2-4-9)13(16)5-10-11(6-13)12(10)7-15/h1-4,10-12,16H,5-6H2/t10-,11+,12?,13?. The number of rotatable bonds is 1. The normalized spacial score (nSPS) is 40.2. The average Bonchev–Trinajstić information content (AvgIpc) is 2.77. The molecule has 1 aromatic rings. The van der Waals surface area contributed by atoms with E-state index in [0.717, 1.165) is 18.4 Å². The SMILES string of the molecule is N#CC1[C@H]2CC(O)(c3ccc(Cl)cc3)C[C@@H]12. The van der Waals surface area contributed by atoms with Gasteiger partial charge in [-0.1, -0.05) is 23.7 Å². The lowest BCUT2D eigenvalue weighted by Gasteiger charge is -2.25. The van der Waals surface area contributed by atoms with Gasteiger partial charge in [-0.3, -0.25) is 0 Å². The Kier molecular flexibility index (Phi) is 2.04. The first-order valence-electron chi connectivity index (χ1n) is 5.52. The number of hydrogen-bond donors (Lipinski definition) is 1. The van der Waals surface area contributed by atoms with Gasteiger partial charge in [-0.2, -0.15) is 5.26 Å². The van der Waals surface area contributed by atoms with Crippen LogP contribution in [0.4, 0.5) is 0 Å². The van der Waals surface area contributed by atoms with Crippen LogP contribution in [0.15, 0.2) is 24.3 Å². The molecular formula is C13H12ClNO. The van der Waals surface area contributed by atoms with Crippen LogP contribution in [0.5, 0.6) is 0 Å². The van der Waals surface area contributed by atoms with Crippen LogP contribution >= 0.6 is 11.6 Å². The second-order valence-corrected chi connectivity index (χ2v) is 5.37. The van der Waals surface area contributed by atoms with Crippen molar-refractivity contribution in [3.63, 3.8) is 0 Å². The molecule has 16 heavy (non-hydrogen) atoms. The van der Waals surface area contributed by atoms with Gasteiger partial charge in [0.2, 0.25) is 0 Å². The van der Waals surface area contributed by atoms with Gasteiger partial charge in [-0.05, 0) is 42.4 Å². The zero-order valence-corrected chi connectivity index (χ0v) is 9.48. The first-order valence-corrected chi connectivity index (χ1v) is 5.90. The van der Waals surface area contributed by atoms with Crippen molar-refractivity contribution in [3.05, 3.63) is 34.9 Å². The maximum absolute atomic E-state index is 10.5. The highest BCUT2D eigenvalue weighted by molar-refractivity contribution is 6.30. The summed E-state index contributed by atoms with van der Waals surface area (Å²) >= 11 is 5.82. The van der Waals surface area contributed by atoms with Crippen LogP contribution in [0.2, 0.25) is 5.02 Å². The second-order valence-electron chi connectivity index (χ2n) is 4.93. The lowest BCUT2D eigenvalue weighted by atomic mass is 9.87. The Hall–Kier alpha value is -1.04. The summed E-state index contributed by atoms with van der Waals surface area (Å²) in [6.07, 6.45) is 1.44. The van der Waals surface area contributed by atoms with E-state index in [1.54, 1.807) is 12.1 Å². The van der Waals surface area contributed by atoms with Gasteiger partial charge in [0.25, 0.3) is 0 Å². The average molecular weight is 234 g/mol. The molecule has 0 aromatic heterocycles. The third-order valence-corrected chi connectivity index (χ3v) is 4.26. The zero-order chi connectivity index (χ0) is 11.3. The summed E-state index contributed by atoms with van der Waals surface area (Å²) in [4.78, 5) is 0. The van der Waals surface area contributed by atoms with Crippen molar-refractivity contribution < 1.29 is 5.11 Å². The quantitative estimate of drug-likeness (QED) is 0.811. The highest BCUT2D eigenvalue weighted by Gasteiger charge is 2.61. The Morgan fingerprint density at radius 2 is 1.81 bits per heavy atom. The van der Waals surface area contributed by atoms with Crippen molar-refractivity contribution in [2.75, 3.05) is 0 Å². The minimum atomic E-state index is -0.729. The summed E-state index contributed by atoms with van der Waals surface area (Å²) in [5.41, 5.74) is 0.202. The first-order chi connectivity index (χ1) is 7.64. The highest BCUT2D eigenvalue weighted by Crippen LogP contribution is 2.63. The Bertz CT molecular complexity index is 450. The van der Waals surface area contributed by atoms with E-state index >= 15 is 0 Å². The molecular weight excluding hydrogens is 222 g/mol. The summed E-state index contributed by atoms with van der Waals surface area (Å²) in [5.74, 6) is 1.00. The highest BCUT2D eigenvalue weighted by atomic mass is 35.5. The fraction of sp³-hybridized carbons (Fsp3) is 0.462. The molecule has 2 nitrogen and oxygen atoms in total. The van der Waals surface area contributed by atoms with Crippen LogP contribution in [0.25, 0.3) is 0 Å². The van der Waals surface area contributed by atoms with Crippen molar-refractivity contribution in [2.24, 2.45) is 17.8 Å². The van der Waals surface area contributed by atoms with Crippen LogP contribution < -0.4 is 0 Å². The van der Waals surface area contributed by atoms with Crippen LogP contribution in [-0.2, 0) is 5.60 Å². The third-order valence-electron chi connectivity index (χ3n) is 4.01. The van der Waals surface area contributed by atoms with E-state index in [0.29, 0.717) is 16.9 Å². The number of hydrogen-bond acceptors (Lipinski definition) is 2. The van der Waals surface area contributed by atoms with Gasteiger partial charge in [-0.15, -0.1) is 0 Å². The number of nitriles is 1. The van der Waals surface area contributed by atoms with Gasteiger partial charge in [0.1, 0.15) is 0 Å². The number of fused-ring (bicyclic) bond motifs is 1. The number of nitrogens with zero attached hydrogens (tertiary/aromatic N) is 1. The summed E-state index contributed by atoms with van der Waals surface area (Å²) in [6, 6.07) is 9.69. The van der Waals surface area contributed by atoms with Crippen molar-refractivity contribution >= 4 is 11.6 Å².